The van der Waals surface area contributed by atoms with Crippen LogP contribution in [0.3, 0.4) is 0 Å². The summed E-state index contributed by atoms with van der Waals surface area (Å²) >= 11 is 0. The SMILES string of the molecule is C=CC(C)OC(=O)C(=C)C(=O)O. The van der Waals surface area contributed by atoms with Gasteiger partial charge in [0.25, 0.3) is 0 Å². The molecule has 12 heavy (non-hydrogen) atoms. The first-order chi connectivity index (χ1) is 5.49. The van der Waals surface area contributed by atoms with Gasteiger partial charge in [-0.1, -0.05) is 19.2 Å². The monoisotopic (exact) mass is 170 g/mol. The van der Waals surface area contributed by atoms with Gasteiger partial charge < -0.3 is 9.84 Å². The quantitative estimate of drug-likeness (QED) is 0.222. The Morgan fingerprint density at radius 1 is 1.58 bits per heavy atom. The van der Waals surface area contributed by atoms with Gasteiger partial charge in [-0.3, -0.25) is 0 Å². The van der Waals surface area contributed by atoms with E-state index in [0.29, 0.717) is 0 Å². The molecule has 0 aliphatic rings. The highest BCUT2D eigenvalue weighted by Crippen LogP contribution is 1.99. The van der Waals surface area contributed by atoms with Crippen LogP contribution in [0.1, 0.15) is 6.92 Å². The van der Waals surface area contributed by atoms with Crippen LogP contribution in [-0.4, -0.2) is 23.1 Å². The highest BCUT2D eigenvalue weighted by Gasteiger charge is 2.16. The van der Waals surface area contributed by atoms with E-state index in [0.717, 1.165) is 0 Å². The van der Waals surface area contributed by atoms with Crippen LogP contribution in [0, 0.1) is 0 Å². The van der Waals surface area contributed by atoms with E-state index >= 15 is 0 Å². The zero-order chi connectivity index (χ0) is 9.72. The Morgan fingerprint density at radius 3 is 2.42 bits per heavy atom. The number of aliphatic carboxylic acids is 1. The topological polar surface area (TPSA) is 63.6 Å². The Bertz CT molecular complexity index is 229. The fraction of sp³-hybridized carbons (Fsp3) is 0.250. The molecule has 0 aromatic rings. The maximum absolute atomic E-state index is 10.8. The zero-order valence-corrected chi connectivity index (χ0v) is 6.74. The standard InChI is InChI=1S/C8H10O4/c1-4-5(2)12-8(11)6(3)7(9)10/h4-5H,1,3H2,2H3,(H,9,10). The molecular formula is C8H10O4. The lowest BCUT2D eigenvalue weighted by Gasteiger charge is -2.07. The Morgan fingerprint density at radius 2 is 2.08 bits per heavy atom. The molecule has 0 aliphatic carbocycles. The minimum atomic E-state index is -1.38. The molecule has 1 atom stereocenters. The Labute approximate surface area is 70.1 Å². The molecule has 0 rings (SSSR count). The van der Waals surface area contributed by atoms with Crippen molar-refractivity contribution in [2.24, 2.45) is 0 Å². The van der Waals surface area contributed by atoms with Crippen molar-refractivity contribution in [3.8, 4) is 0 Å². The lowest BCUT2D eigenvalue weighted by Crippen LogP contribution is -2.18. The smallest absolute Gasteiger partial charge is 0.345 e. The van der Waals surface area contributed by atoms with Gasteiger partial charge in [0.2, 0.25) is 0 Å². The molecule has 0 spiro atoms. The average Bonchev–Trinajstić information content (AvgIpc) is 2.02. The second kappa shape index (κ2) is 4.33. The second-order valence-electron chi connectivity index (χ2n) is 2.13. The maximum Gasteiger partial charge on any atom is 0.345 e. The molecule has 0 aromatic carbocycles. The number of hydrogen-bond donors (Lipinski definition) is 1. The summed E-state index contributed by atoms with van der Waals surface area (Å²) in [5.41, 5.74) is -0.580. The average molecular weight is 170 g/mol. The van der Waals surface area contributed by atoms with Crippen molar-refractivity contribution < 1.29 is 19.4 Å². The summed E-state index contributed by atoms with van der Waals surface area (Å²) in [7, 11) is 0. The normalized spacial score (nSPS) is 11.4. The number of carboxylic acid groups (broad SMARTS) is 1. The molecule has 66 valence electrons. The van der Waals surface area contributed by atoms with Gasteiger partial charge in [-0.25, -0.2) is 9.59 Å². The molecule has 0 saturated heterocycles. The van der Waals surface area contributed by atoms with Crippen LogP contribution in [0.5, 0.6) is 0 Å². The molecule has 0 amide bonds. The first-order valence-corrected chi connectivity index (χ1v) is 3.24. The van der Waals surface area contributed by atoms with E-state index in [9.17, 15) is 9.59 Å². The minimum absolute atomic E-state index is 0.506. The van der Waals surface area contributed by atoms with Crippen molar-refractivity contribution in [2.75, 3.05) is 0 Å². The third-order valence-electron chi connectivity index (χ3n) is 1.13. The van der Waals surface area contributed by atoms with Gasteiger partial charge in [0.15, 0.2) is 0 Å². The van der Waals surface area contributed by atoms with E-state index in [4.69, 9.17) is 5.11 Å². The summed E-state index contributed by atoms with van der Waals surface area (Å²) in [6.45, 7) is 7.97. The van der Waals surface area contributed by atoms with Gasteiger partial charge in [0.05, 0.1) is 0 Å². The number of carbonyl (C=O) groups is 2. The van der Waals surface area contributed by atoms with E-state index in [1.165, 1.54) is 6.08 Å². The fourth-order valence-corrected chi connectivity index (χ4v) is 0.375. The van der Waals surface area contributed by atoms with Crippen LogP contribution in [0.15, 0.2) is 24.8 Å². The molecule has 4 nitrogen and oxygen atoms in total. The van der Waals surface area contributed by atoms with E-state index in [1.807, 2.05) is 0 Å². The molecule has 1 unspecified atom stereocenters. The highest BCUT2D eigenvalue weighted by atomic mass is 16.5. The van der Waals surface area contributed by atoms with E-state index in [1.54, 1.807) is 6.92 Å². The fourth-order valence-electron chi connectivity index (χ4n) is 0.375. The molecule has 0 heterocycles. The van der Waals surface area contributed by atoms with Crippen molar-refractivity contribution in [1.29, 1.82) is 0 Å². The molecule has 0 fully saturated rings. The summed E-state index contributed by atoms with van der Waals surface area (Å²) < 4.78 is 4.59. The zero-order valence-electron chi connectivity index (χ0n) is 6.74. The van der Waals surface area contributed by atoms with Gasteiger partial charge in [0, 0.05) is 0 Å². The molecule has 4 heteroatoms. The number of esters is 1. The van der Waals surface area contributed by atoms with Crippen LogP contribution in [0.4, 0.5) is 0 Å². The van der Waals surface area contributed by atoms with E-state index < -0.39 is 23.6 Å². The molecule has 0 aromatic heterocycles. The van der Waals surface area contributed by atoms with Gasteiger partial charge in [-0.05, 0) is 6.92 Å². The minimum Gasteiger partial charge on any atom is -0.477 e. The first-order valence-electron chi connectivity index (χ1n) is 3.24. The highest BCUT2D eigenvalue weighted by molar-refractivity contribution is 6.12. The summed E-state index contributed by atoms with van der Waals surface area (Å²) in [6, 6.07) is 0. The van der Waals surface area contributed by atoms with Crippen LogP contribution in [0.2, 0.25) is 0 Å². The summed E-state index contributed by atoms with van der Waals surface area (Å²) in [5.74, 6) is -2.31. The van der Waals surface area contributed by atoms with Crippen molar-refractivity contribution >= 4 is 11.9 Å². The number of carboxylic acids is 1. The van der Waals surface area contributed by atoms with Crippen molar-refractivity contribution in [3.63, 3.8) is 0 Å². The Hall–Kier alpha value is -1.58. The number of hydrogen-bond acceptors (Lipinski definition) is 3. The van der Waals surface area contributed by atoms with Gasteiger partial charge in [0.1, 0.15) is 11.7 Å². The van der Waals surface area contributed by atoms with Crippen LogP contribution < -0.4 is 0 Å². The summed E-state index contributed by atoms with van der Waals surface area (Å²) in [6.07, 6.45) is 0.876. The maximum atomic E-state index is 10.8. The second-order valence-corrected chi connectivity index (χ2v) is 2.13. The third-order valence-corrected chi connectivity index (χ3v) is 1.13. The predicted octanol–water partition coefficient (Wildman–Crippen LogP) is 0.745. The van der Waals surface area contributed by atoms with Gasteiger partial charge >= 0.3 is 11.9 Å². The van der Waals surface area contributed by atoms with Crippen molar-refractivity contribution in [1.82, 2.24) is 0 Å². The molecule has 0 radical (unpaired) electrons. The molecule has 0 bridgehead atoms. The van der Waals surface area contributed by atoms with Crippen molar-refractivity contribution in [3.05, 3.63) is 24.8 Å². The molecule has 0 aliphatic heterocycles. The number of rotatable bonds is 4. The third kappa shape index (κ3) is 3.01. The first kappa shape index (κ1) is 10.4. The molecule has 0 saturated carbocycles. The number of ether oxygens (including phenoxy) is 1. The molecular weight excluding hydrogens is 160 g/mol. The van der Waals surface area contributed by atoms with Gasteiger partial charge in [-0.15, -0.1) is 0 Å². The van der Waals surface area contributed by atoms with Gasteiger partial charge in [-0.2, -0.15) is 0 Å². The van der Waals surface area contributed by atoms with Crippen LogP contribution in [-0.2, 0) is 14.3 Å². The van der Waals surface area contributed by atoms with Crippen LogP contribution >= 0.6 is 0 Å². The van der Waals surface area contributed by atoms with E-state index in [2.05, 4.69) is 17.9 Å². The predicted molar refractivity (Wildman–Crippen MR) is 42.5 cm³/mol. The van der Waals surface area contributed by atoms with Crippen LogP contribution in [0.25, 0.3) is 0 Å². The summed E-state index contributed by atoms with van der Waals surface area (Å²) in [5, 5.41) is 8.31. The van der Waals surface area contributed by atoms with Crippen molar-refractivity contribution in [2.45, 2.75) is 13.0 Å². The Balaban J connectivity index is 4.14. The largest absolute Gasteiger partial charge is 0.477 e. The molecule has 1 N–H and O–H groups in total. The number of carbonyl (C=O) groups excluding carboxylic acids is 1. The Kier molecular flexibility index (Phi) is 3.76. The lowest BCUT2D eigenvalue weighted by molar-refractivity contribution is -0.145. The lowest BCUT2D eigenvalue weighted by atomic mass is 10.3. The summed E-state index contributed by atoms with van der Waals surface area (Å²) in [4.78, 5) is 21.0. The van der Waals surface area contributed by atoms with E-state index in [-0.39, 0.29) is 0 Å².